The minimum Gasteiger partial charge on any atom is -0.294 e. The molecule has 0 heterocycles. The summed E-state index contributed by atoms with van der Waals surface area (Å²) in [5, 5.41) is 0.478. The number of rotatable bonds is 1. The number of ketones is 1. The van der Waals surface area contributed by atoms with E-state index in [1.165, 1.54) is 0 Å². The average Bonchev–Trinajstić information content (AvgIpc) is 3.10. The highest BCUT2D eigenvalue weighted by molar-refractivity contribution is 6.30. The number of fused-ring (bicyclic) bond motifs is 5. The van der Waals surface area contributed by atoms with Crippen molar-refractivity contribution in [3.8, 4) is 0 Å². The summed E-state index contributed by atoms with van der Waals surface area (Å²) in [5.41, 5.74) is -0.210. The van der Waals surface area contributed by atoms with Crippen LogP contribution in [0, 0.1) is 23.7 Å². The van der Waals surface area contributed by atoms with Crippen LogP contribution >= 0.6 is 11.6 Å². The van der Waals surface area contributed by atoms with Gasteiger partial charge in [-0.3, -0.25) is 4.79 Å². The fourth-order valence-electron chi connectivity index (χ4n) is 4.81. The molecule has 2 fully saturated rings. The molecule has 4 unspecified atom stereocenters. The first kappa shape index (κ1) is 14.3. The molecule has 1 nitrogen and oxygen atoms in total. The van der Waals surface area contributed by atoms with Gasteiger partial charge in [-0.25, -0.2) is 0 Å². The van der Waals surface area contributed by atoms with Gasteiger partial charge in [0.1, 0.15) is 5.57 Å². The molecule has 22 heavy (non-hydrogen) atoms. The van der Waals surface area contributed by atoms with Crippen LogP contribution in [0.15, 0.2) is 29.8 Å². The Bertz CT molecular complexity index is 674. The van der Waals surface area contributed by atoms with Gasteiger partial charge in [0.05, 0.1) is 0 Å². The number of allylic oxidation sites excluding steroid dienone is 2. The molecule has 4 rings (SSSR count). The Labute approximate surface area is 131 Å². The van der Waals surface area contributed by atoms with E-state index in [4.69, 9.17) is 11.6 Å². The maximum atomic E-state index is 13.5. The first-order valence-electron chi connectivity index (χ1n) is 7.49. The quantitative estimate of drug-likeness (QED) is 0.717. The number of alkyl halides is 3. The van der Waals surface area contributed by atoms with Crippen molar-refractivity contribution in [2.45, 2.75) is 25.4 Å². The van der Waals surface area contributed by atoms with Gasteiger partial charge in [-0.1, -0.05) is 23.7 Å². The summed E-state index contributed by atoms with van der Waals surface area (Å²) >= 11 is 5.84. The maximum Gasteiger partial charge on any atom is 0.420 e. The van der Waals surface area contributed by atoms with Crippen LogP contribution in [0.2, 0.25) is 5.02 Å². The van der Waals surface area contributed by atoms with Crippen LogP contribution in [0.1, 0.15) is 24.8 Å². The zero-order chi connectivity index (χ0) is 15.6. The summed E-state index contributed by atoms with van der Waals surface area (Å²) in [6.07, 6.45) is -1.88. The SMILES string of the molecule is O=C1C(C(F)(F)F)=C(c2ccc(Cl)cc2)C2C3CCC(C3)C12. The standard InChI is InChI=1S/C17H14ClF3O/c18-11-5-3-8(4-6-11)13-12-9-1-2-10(7-9)14(12)16(22)15(13)17(19,20)21/h3-6,9-10,12,14H,1-2,7H2. The Morgan fingerprint density at radius 3 is 2.18 bits per heavy atom. The Morgan fingerprint density at radius 2 is 1.59 bits per heavy atom. The van der Waals surface area contributed by atoms with E-state index in [0.29, 0.717) is 10.6 Å². The largest absolute Gasteiger partial charge is 0.420 e. The highest BCUT2D eigenvalue weighted by Gasteiger charge is 2.61. The van der Waals surface area contributed by atoms with E-state index >= 15 is 0 Å². The predicted octanol–water partition coefficient (Wildman–Crippen LogP) is 4.90. The highest BCUT2D eigenvalue weighted by Crippen LogP contribution is 2.62. The zero-order valence-corrected chi connectivity index (χ0v) is 12.4. The van der Waals surface area contributed by atoms with Gasteiger partial charge in [0, 0.05) is 10.9 Å². The normalized spacial score (nSPS) is 33.7. The Hall–Kier alpha value is -1.29. The summed E-state index contributed by atoms with van der Waals surface area (Å²) in [4.78, 5) is 12.5. The number of hydrogen-bond donors (Lipinski definition) is 0. The molecule has 2 bridgehead atoms. The van der Waals surface area contributed by atoms with Gasteiger partial charge in [0.2, 0.25) is 0 Å². The van der Waals surface area contributed by atoms with E-state index in [1.807, 2.05) is 0 Å². The van der Waals surface area contributed by atoms with Crippen LogP contribution in [0.5, 0.6) is 0 Å². The van der Waals surface area contributed by atoms with Crippen molar-refractivity contribution in [1.82, 2.24) is 0 Å². The molecule has 1 aromatic carbocycles. The third-order valence-electron chi connectivity index (χ3n) is 5.51. The number of benzene rings is 1. The second-order valence-electron chi connectivity index (χ2n) is 6.54. The third kappa shape index (κ3) is 1.89. The van der Waals surface area contributed by atoms with E-state index in [2.05, 4.69) is 0 Å². The molecule has 0 radical (unpaired) electrons. The van der Waals surface area contributed by atoms with Gasteiger partial charge in [0.15, 0.2) is 5.78 Å². The molecule has 0 amide bonds. The fourth-order valence-corrected chi connectivity index (χ4v) is 4.93. The average molecular weight is 327 g/mol. The molecule has 0 aromatic heterocycles. The van der Waals surface area contributed by atoms with E-state index < -0.39 is 23.5 Å². The number of carbonyl (C=O) groups excluding carboxylic acids is 1. The van der Waals surface area contributed by atoms with Crippen molar-refractivity contribution in [3.05, 3.63) is 40.4 Å². The molecule has 4 atom stereocenters. The van der Waals surface area contributed by atoms with Gasteiger partial charge in [-0.05, 0) is 60.3 Å². The minimum absolute atomic E-state index is 0.129. The molecule has 1 aromatic rings. The lowest BCUT2D eigenvalue weighted by molar-refractivity contribution is -0.131. The van der Waals surface area contributed by atoms with E-state index in [9.17, 15) is 18.0 Å². The van der Waals surface area contributed by atoms with Crippen LogP contribution in [0.25, 0.3) is 5.57 Å². The molecule has 3 aliphatic rings. The van der Waals surface area contributed by atoms with Gasteiger partial charge < -0.3 is 0 Å². The Morgan fingerprint density at radius 1 is 1.00 bits per heavy atom. The van der Waals surface area contributed by atoms with Gasteiger partial charge >= 0.3 is 6.18 Å². The molecule has 2 saturated carbocycles. The summed E-state index contributed by atoms with van der Waals surface area (Å²) in [5.74, 6) is -1.06. The van der Waals surface area contributed by atoms with Crippen molar-refractivity contribution < 1.29 is 18.0 Å². The lowest BCUT2D eigenvalue weighted by Crippen LogP contribution is -2.27. The molecule has 0 spiro atoms. The number of carbonyl (C=O) groups is 1. The number of Topliss-reactive ketones (excluding diaryl/α,β-unsaturated/α-hetero) is 1. The lowest BCUT2D eigenvalue weighted by Gasteiger charge is -2.26. The van der Waals surface area contributed by atoms with E-state index in [1.54, 1.807) is 24.3 Å². The number of hydrogen-bond acceptors (Lipinski definition) is 1. The van der Waals surface area contributed by atoms with Crippen molar-refractivity contribution in [2.24, 2.45) is 23.7 Å². The Balaban J connectivity index is 1.90. The van der Waals surface area contributed by atoms with Crippen molar-refractivity contribution in [2.75, 3.05) is 0 Å². The van der Waals surface area contributed by atoms with Crippen molar-refractivity contribution >= 4 is 23.0 Å². The predicted molar refractivity (Wildman–Crippen MR) is 77.2 cm³/mol. The lowest BCUT2D eigenvalue weighted by atomic mass is 9.77. The second kappa shape index (κ2) is 4.60. The van der Waals surface area contributed by atoms with Crippen LogP contribution < -0.4 is 0 Å². The van der Waals surface area contributed by atoms with E-state index in [0.717, 1.165) is 19.3 Å². The fraction of sp³-hybridized carbons (Fsp3) is 0.471. The van der Waals surface area contributed by atoms with Crippen LogP contribution in [0.4, 0.5) is 13.2 Å². The first-order valence-corrected chi connectivity index (χ1v) is 7.87. The molecule has 5 heteroatoms. The van der Waals surface area contributed by atoms with Crippen LogP contribution in [0.3, 0.4) is 0 Å². The van der Waals surface area contributed by atoms with Crippen molar-refractivity contribution in [1.29, 1.82) is 0 Å². The highest BCUT2D eigenvalue weighted by atomic mass is 35.5. The van der Waals surface area contributed by atoms with Gasteiger partial charge in [0.25, 0.3) is 0 Å². The molecule has 3 aliphatic carbocycles. The summed E-state index contributed by atoms with van der Waals surface area (Å²) < 4.78 is 40.5. The zero-order valence-electron chi connectivity index (χ0n) is 11.7. The van der Waals surface area contributed by atoms with E-state index in [-0.39, 0.29) is 23.3 Å². The van der Waals surface area contributed by atoms with Crippen LogP contribution in [-0.4, -0.2) is 12.0 Å². The summed E-state index contributed by atoms with van der Waals surface area (Å²) in [7, 11) is 0. The van der Waals surface area contributed by atoms with Gasteiger partial charge in [-0.2, -0.15) is 13.2 Å². The third-order valence-corrected chi connectivity index (χ3v) is 5.76. The monoisotopic (exact) mass is 326 g/mol. The molecular weight excluding hydrogens is 313 g/mol. The summed E-state index contributed by atoms with van der Waals surface area (Å²) in [6, 6.07) is 6.38. The van der Waals surface area contributed by atoms with Gasteiger partial charge in [-0.15, -0.1) is 0 Å². The molecule has 0 saturated heterocycles. The number of halogens is 4. The molecule has 116 valence electrons. The molecule has 0 aliphatic heterocycles. The smallest absolute Gasteiger partial charge is 0.294 e. The van der Waals surface area contributed by atoms with Crippen molar-refractivity contribution in [3.63, 3.8) is 0 Å². The second-order valence-corrected chi connectivity index (χ2v) is 6.98. The minimum atomic E-state index is -4.59. The summed E-state index contributed by atoms with van der Waals surface area (Å²) in [6.45, 7) is 0. The Kier molecular flexibility index (Phi) is 3.00. The first-order chi connectivity index (χ1) is 10.4. The molecule has 0 N–H and O–H groups in total. The topological polar surface area (TPSA) is 17.1 Å². The molecular formula is C17H14ClF3O. The maximum absolute atomic E-state index is 13.5. The van der Waals surface area contributed by atoms with Crippen LogP contribution in [-0.2, 0) is 4.79 Å².